The number of nitrogens with one attached hydrogen (secondary N) is 2. The van der Waals surface area contributed by atoms with Crippen molar-refractivity contribution in [2.75, 3.05) is 37.0 Å². The smallest absolute Gasteiger partial charge is 0.228 e. The number of piperidine rings is 1. The Balaban J connectivity index is 0.00000196. The standard InChI is InChI=1S/C19H25N3O3.ClH/c1-25-16-5-4-13(11-15(16)22-10-2-3-17(22)23)21-18(24)14-12-19(14)6-8-20-9-7-19;/h4-5,11,14,20H,2-3,6-10,12H2,1H3,(H,21,24);1H. The number of hydrogen-bond acceptors (Lipinski definition) is 4. The van der Waals surface area contributed by atoms with Crippen LogP contribution in [0.2, 0.25) is 0 Å². The molecule has 2 N–H and O–H groups in total. The third kappa shape index (κ3) is 3.40. The second kappa shape index (κ2) is 7.45. The predicted octanol–water partition coefficient (Wildman–Crippen LogP) is 2.57. The van der Waals surface area contributed by atoms with E-state index in [1.807, 2.05) is 18.2 Å². The topological polar surface area (TPSA) is 70.7 Å². The molecule has 0 aromatic heterocycles. The highest BCUT2D eigenvalue weighted by molar-refractivity contribution is 5.99. The van der Waals surface area contributed by atoms with Crippen molar-refractivity contribution in [3.05, 3.63) is 18.2 Å². The fourth-order valence-electron chi connectivity index (χ4n) is 4.31. The van der Waals surface area contributed by atoms with E-state index in [2.05, 4.69) is 10.6 Å². The highest BCUT2D eigenvalue weighted by Gasteiger charge is 2.57. The molecule has 2 amide bonds. The van der Waals surface area contributed by atoms with Crippen LogP contribution in [-0.4, -0.2) is 38.6 Å². The Hall–Kier alpha value is -1.79. The van der Waals surface area contributed by atoms with E-state index < -0.39 is 0 Å². The summed E-state index contributed by atoms with van der Waals surface area (Å²) < 4.78 is 5.40. The Kier molecular flexibility index (Phi) is 5.44. The monoisotopic (exact) mass is 379 g/mol. The van der Waals surface area contributed by atoms with Crippen molar-refractivity contribution in [2.24, 2.45) is 11.3 Å². The molecule has 1 aliphatic carbocycles. The van der Waals surface area contributed by atoms with E-state index in [0.29, 0.717) is 18.7 Å². The van der Waals surface area contributed by atoms with Crippen molar-refractivity contribution in [3.8, 4) is 5.75 Å². The van der Waals surface area contributed by atoms with Crippen LogP contribution in [0.4, 0.5) is 11.4 Å². The van der Waals surface area contributed by atoms with Gasteiger partial charge < -0.3 is 20.3 Å². The van der Waals surface area contributed by atoms with E-state index in [-0.39, 0.29) is 35.6 Å². The number of benzene rings is 1. The minimum Gasteiger partial charge on any atom is -0.495 e. The number of methoxy groups -OCH3 is 1. The molecule has 6 nitrogen and oxygen atoms in total. The molecule has 3 aliphatic rings. The van der Waals surface area contributed by atoms with Crippen molar-refractivity contribution in [1.29, 1.82) is 0 Å². The maximum absolute atomic E-state index is 12.7. The fourth-order valence-corrected chi connectivity index (χ4v) is 4.31. The van der Waals surface area contributed by atoms with Gasteiger partial charge in [-0.1, -0.05) is 0 Å². The largest absolute Gasteiger partial charge is 0.495 e. The number of halogens is 1. The minimum absolute atomic E-state index is 0. The summed E-state index contributed by atoms with van der Waals surface area (Å²) in [6.07, 6.45) is 4.59. The van der Waals surface area contributed by atoms with Gasteiger partial charge >= 0.3 is 0 Å². The SMILES string of the molecule is COc1ccc(NC(=O)C2CC23CCNCC3)cc1N1CCCC1=O.Cl. The number of amides is 2. The molecule has 4 rings (SSSR count). The molecule has 3 fully saturated rings. The molecule has 2 aliphatic heterocycles. The van der Waals surface area contributed by atoms with Crippen molar-refractivity contribution < 1.29 is 14.3 Å². The summed E-state index contributed by atoms with van der Waals surface area (Å²) in [7, 11) is 1.60. The van der Waals surface area contributed by atoms with Crippen LogP contribution in [0.15, 0.2) is 18.2 Å². The molecule has 0 radical (unpaired) electrons. The molecule has 1 spiro atoms. The van der Waals surface area contributed by atoms with Crippen LogP contribution in [0.3, 0.4) is 0 Å². The Bertz CT molecular complexity index is 703. The number of hydrogen-bond donors (Lipinski definition) is 2. The van der Waals surface area contributed by atoms with Crippen LogP contribution in [0.25, 0.3) is 0 Å². The van der Waals surface area contributed by atoms with Gasteiger partial charge in [-0.15, -0.1) is 12.4 Å². The molecule has 1 aromatic carbocycles. The highest BCUT2D eigenvalue weighted by atomic mass is 35.5. The Labute approximate surface area is 160 Å². The quantitative estimate of drug-likeness (QED) is 0.843. The van der Waals surface area contributed by atoms with Crippen molar-refractivity contribution in [3.63, 3.8) is 0 Å². The summed E-state index contributed by atoms with van der Waals surface area (Å²) in [5, 5.41) is 6.41. The van der Waals surface area contributed by atoms with Gasteiger partial charge in [-0.2, -0.15) is 0 Å². The normalized spacial score (nSPS) is 23.5. The molecule has 2 heterocycles. The van der Waals surface area contributed by atoms with Crippen LogP contribution in [0, 0.1) is 11.3 Å². The van der Waals surface area contributed by atoms with Gasteiger partial charge in [0, 0.05) is 24.6 Å². The van der Waals surface area contributed by atoms with Gasteiger partial charge in [-0.3, -0.25) is 9.59 Å². The summed E-state index contributed by atoms with van der Waals surface area (Å²) in [4.78, 5) is 26.5. The van der Waals surface area contributed by atoms with Crippen LogP contribution in [0.1, 0.15) is 32.1 Å². The Morgan fingerprint density at radius 1 is 1.35 bits per heavy atom. The Morgan fingerprint density at radius 3 is 2.77 bits per heavy atom. The summed E-state index contributed by atoms with van der Waals surface area (Å²) in [5.74, 6) is 0.992. The molecular weight excluding hydrogens is 354 g/mol. The van der Waals surface area contributed by atoms with Crippen LogP contribution >= 0.6 is 12.4 Å². The van der Waals surface area contributed by atoms with Gasteiger partial charge in [0.15, 0.2) is 0 Å². The highest BCUT2D eigenvalue weighted by Crippen LogP contribution is 2.58. The average Bonchev–Trinajstić information content (AvgIpc) is 3.14. The number of carbonyl (C=O) groups excluding carboxylic acids is 2. The molecule has 0 bridgehead atoms. The molecule has 142 valence electrons. The third-order valence-corrected chi connectivity index (χ3v) is 5.92. The molecule has 1 unspecified atom stereocenters. The summed E-state index contributed by atoms with van der Waals surface area (Å²) in [6, 6.07) is 5.53. The molecule has 26 heavy (non-hydrogen) atoms. The van der Waals surface area contributed by atoms with Crippen LogP contribution < -0.4 is 20.3 Å². The lowest BCUT2D eigenvalue weighted by atomic mass is 9.92. The lowest BCUT2D eigenvalue weighted by Crippen LogP contribution is -2.31. The van der Waals surface area contributed by atoms with Gasteiger partial charge in [0.1, 0.15) is 5.75 Å². The van der Waals surface area contributed by atoms with Crippen molar-refractivity contribution >= 4 is 35.6 Å². The second-order valence-electron chi connectivity index (χ2n) is 7.39. The minimum atomic E-state index is 0. The number of nitrogens with zero attached hydrogens (tertiary/aromatic N) is 1. The number of ether oxygens (including phenoxy) is 1. The molecular formula is C19H26ClN3O3. The number of anilines is 2. The zero-order valence-corrected chi connectivity index (χ0v) is 15.9. The summed E-state index contributed by atoms with van der Waals surface area (Å²) >= 11 is 0. The lowest BCUT2D eigenvalue weighted by Gasteiger charge is -2.23. The second-order valence-corrected chi connectivity index (χ2v) is 7.39. The Morgan fingerprint density at radius 2 is 2.12 bits per heavy atom. The first-order chi connectivity index (χ1) is 12.1. The molecule has 1 atom stereocenters. The van der Waals surface area contributed by atoms with E-state index in [1.54, 1.807) is 12.0 Å². The van der Waals surface area contributed by atoms with E-state index >= 15 is 0 Å². The summed E-state index contributed by atoms with van der Waals surface area (Å²) in [6.45, 7) is 2.71. The molecule has 7 heteroatoms. The van der Waals surface area contributed by atoms with Gasteiger partial charge in [0.05, 0.1) is 12.8 Å². The predicted molar refractivity (Wildman–Crippen MR) is 103 cm³/mol. The zero-order valence-electron chi connectivity index (χ0n) is 15.0. The van der Waals surface area contributed by atoms with Crippen molar-refractivity contribution in [2.45, 2.75) is 32.1 Å². The average molecular weight is 380 g/mol. The fraction of sp³-hybridized carbons (Fsp3) is 0.579. The van der Waals surface area contributed by atoms with E-state index in [1.165, 1.54) is 0 Å². The first-order valence-electron chi connectivity index (χ1n) is 9.13. The zero-order chi connectivity index (χ0) is 17.4. The first kappa shape index (κ1) is 19.0. The molecule has 1 aromatic rings. The van der Waals surface area contributed by atoms with E-state index in [4.69, 9.17) is 4.74 Å². The van der Waals surface area contributed by atoms with Gasteiger partial charge in [0.2, 0.25) is 11.8 Å². The van der Waals surface area contributed by atoms with Gasteiger partial charge in [0.25, 0.3) is 0 Å². The van der Waals surface area contributed by atoms with Crippen molar-refractivity contribution in [1.82, 2.24) is 5.32 Å². The lowest BCUT2D eigenvalue weighted by molar-refractivity contribution is -0.118. The maximum atomic E-state index is 12.7. The number of carbonyl (C=O) groups is 2. The van der Waals surface area contributed by atoms with Gasteiger partial charge in [-0.05, 0) is 62.4 Å². The van der Waals surface area contributed by atoms with Crippen LogP contribution in [-0.2, 0) is 9.59 Å². The number of rotatable bonds is 4. The van der Waals surface area contributed by atoms with E-state index in [0.717, 1.165) is 50.1 Å². The summed E-state index contributed by atoms with van der Waals surface area (Å²) in [5.41, 5.74) is 1.70. The molecule has 1 saturated carbocycles. The van der Waals surface area contributed by atoms with Gasteiger partial charge in [-0.25, -0.2) is 0 Å². The van der Waals surface area contributed by atoms with Crippen LogP contribution in [0.5, 0.6) is 5.75 Å². The first-order valence-corrected chi connectivity index (χ1v) is 9.13. The van der Waals surface area contributed by atoms with E-state index in [9.17, 15) is 9.59 Å². The maximum Gasteiger partial charge on any atom is 0.228 e. The third-order valence-electron chi connectivity index (χ3n) is 5.92. The molecule has 2 saturated heterocycles.